The fourth-order valence-corrected chi connectivity index (χ4v) is 6.14. The average Bonchev–Trinajstić information content (AvgIpc) is 3.32. The number of nitrogens with one attached hydrogen (secondary N) is 2. The molecule has 0 aliphatic carbocycles. The Morgan fingerprint density at radius 2 is 1.85 bits per heavy atom. The molecule has 3 heterocycles. The van der Waals surface area contributed by atoms with E-state index in [4.69, 9.17) is 4.74 Å². The largest absolute Gasteiger partial charge is 0.482 e. The third kappa shape index (κ3) is 4.54. The van der Waals surface area contributed by atoms with Crippen LogP contribution in [0, 0.1) is 0 Å². The third-order valence-electron chi connectivity index (χ3n) is 5.70. The molecule has 1 saturated heterocycles. The van der Waals surface area contributed by atoms with E-state index in [0.29, 0.717) is 40.9 Å². The SMILES string of the molecule is O=C1COc2ccc(-c3csc(NC(=O)c4ccc(S(=O)(=O)N5CCCCC5)cc4)n3)cc2N1. The maximum atomic E-state index is 12.8. The molecular formula is C23H22N4O5S2. The van der Waals surface area contributed by atoms with Crippen molar-refractivity contribution in [2.45, 2.75) is 24.2 Å². The van der Waals surface area contributed by atoms with Crippen LogP contribution in [0.5, 0.6) is 5.75 Å². The van der Waals surface area contributed by atoms with Gasteiger partial charge in [-0.3, -0.25) is 14.9 Å². The van der Waals surface area contributed by atoms with Crippen molar-refractivity contribution in [3.05, 3.63) is 53.4 Å². The first-order valence-corrected chi connectivity index (χ1v) is 13.2. The molecule has 2 amide bonds. The van der Waals surface area contributed by atoms with Gasteiger partial charge in [0, 0.05) is 29.6 Å². The van der Waals surface area contributed by atoms with Crippen molar-refractivity contribution >= 4 is 44.0 Å². The normalized spacial score (nSPS) is 16.3. The van der Waals surface area contributed by atoms with Crippen molar-refractivity contribution in [1.82, 2.24) is 9.29 Å². The van der Waals surface area contributed by atoms with Crippen LogP contribution in [0.4, 0.5) is 10.8 Å². The number of sulfonamides is 1. The average molecular weight is 499 g/mol. The highest BCUT2D eigenvalue weighted by molar-refractivity contribution is 7.89. The molecule has 1 aromatic heterocycles. The molecule has 1 fully saturated rings. The lowest BCUT2D eigenvalue weighted by Gasteiger charge is -2.25. The maximum absolute atomic E-state index is 12.8. The van der Waals surface area contributed by atoms with Gasteiger partial charge in [-0.2, -0.15) is 4.31 Å². The van der Waals surface area contributed by atoms with E-state index in [-0.39, 0.29) is 23.3 Å². The molecule has 2 aromatic carbocycles. The predicted octanol–water partition coefficient (Wildman–Crippen LogP) is 3.57. The van der Waals surface area contributed by atoms with Gasteiger partial charge in [0.2, 0.25) is 10.0 Å². The monoisotopic (exact) mass is 498 g/mol. The Balaban J connectivity index is 1.27. The third-order valence-corrected chi connectivity index (χ3v) is 8.37. The number of fused-ring (bicyclic) bond motifs is 1. The summed E-state index contributed by atoms with van der Waals surface area (Å²) in [4.78, 5) is 28.9. The van der Waals surface area contributed by atoms with Gasteiger partial charge in [-0.05, 0) is 55.3 Å². The Morgan fingerprint density at radius 3 is 2.62 bits per heavy atom. The molecule has 0 saturated carbocycles. The topological polar surface area (TPSA) is 118 Å². The number of amides is 2. The minimum Gasteiger partial charge on any atom is -0.482 e. The standard InChI is InChI=1S/C23H22N4O5S2/c28-21-13-32-20-9-6-16(12-18(20)24-21)19-14-33-23(25-19)26-22(29)15-4-7-17(8-5-15)34(30,31)27-10-2-1-3-11-27/h4-9,12,14H,1-3,10-11,13H2,(H,24,28)(H,25,26,29). The molecule has 0 atom stereocenters. The minimum atomic E-state index is -3.54. The van der Waals surface area contributed by atoms with E-state index in [2.05, 4.69) is 15.6 Å². The van der Waals surface area contributed by atoms with Crippen LogP contribution < -0.4 is 15.4 Å². The van der Waals surface area contributed by atoms with Gasteiger partial charge >= 0.3 is 0 Å². The number of anilines is 2. The highest BCUT2D eigenvalue weighted by Crippen LogP contribution is 2.34. The Morgan fingerprint density at radius 1 is 1.09 bits per heavy atom. The van der Waals surface area contributed by atoms with Gasteiger partial charge in [-0.25, -0.2) is 13.4 Å². The lowest BCUT2D eigenvalue weighted by atomic mass is 10.1. The first-order valence-electron chi connectivity index (χ1n) is 10.8. The van der Waals surface area contributed by atoms with Crippen LogP contribution >= 0.6 is 11.3 Å². The molecule has 0 unspecified atom stereocenters. The zero-order chi connectivity index (χ0) is 23.7. The van der Waals surface area contributed by atoms with E-state index in [0.717, 1.165) is 24.8 Å². The minimum absolute atomic E-state index is 0.00953. The van der Waals surface area contributed by atoms with E-state index in [9.17, 15) is 18.0 Å². The fourth-order valence-electron chi connectivity index (χ4n) is 3.91. The smallest absolute Gasteiger partial charge is 0.262 e. The summed E-state index contributed by atoms with van der Waals surface area (Å²) in [6.07, 6.45) is 2.77. The number of hydrogen-bond acceptors (Lipinski definition) is 7. The van der Waals surface area contributed by atoms with Gasteiger partial charge in [0.15, 0.2) is 11.7 Å². The number of nitrogens with zero attached hydrogens (tertiary/aromatic N) is 2. The zero-order valence-corrected chi connectivity index (χ0v) is 19.7. The summed E-state index contributed by atoms with van der Waals surface area (Å²) in [5, 5.41) is 7.72. The molecule has 3 aromatic rings. The molecule has 11 heteroatoms. The lowest BCUT2D eigenvalue weighted by molar-refractivity contribution is -0.118. The van der Waals surface area contributed by atoms with E-state index < -0.39 is 10.0 Å². The molecule has 2 aliphatic heterocycles. The van der Waals surface area contributed by atoms with Crippen LogP contribution in [0.3, 0.4) is 0 Å². The van der Waals surface area contributed by atoms with Crippen molar-refractivity contribution in [3.8, 4) is 17.0 Å². The van der Waals surface area contributed by atoms with Crippen LogP contribution in [0.2, 0.25) is 0 Å². The van der Waals surface area contributed by atoms with Crippen LogP contribution in [-0.4, -0.2) is 49.2 Å². The van der Waals surface area contributed by atoms with Crippen LogP contribution in [0.25, 0.3) is 11.3 Å². The predicted molar refractivity (Wildman–Crippen MR) is 129 cm³/mol. The van der Waals surface area contributed by atoms with Crippen molar-refractivity contribution in [3.63, 3.8) is 0 Å². The molecule has 176 valence electrons. The summed E-state index contributed by atoms with van der Waals surface area (Å²) in [5.41, 5.74) is 2.33. The Hall–Kier alpha value is -3.28. The number of rotatable bonds is 5. The number of aromatic nitrogens is 1. The number of ether oxygens (including phenoxy) is 1. The van der Waals surface area contributed by atoms with Crippen LogP contribution in [-0.2, 0) is 14.8 Å². The molecule has 2 aliphatic rings. The first-order chi connectivity index (χ1) is 16.4. The van der Waals surface area contributed by atoms with Crippen molar-refractivity contribution in [1.29, 1.82) is 0 Å². The molecule has 0 spiro atoms. The fraction of sp³-hybridized carbons (Fsp3) is 0.261. The van der Waals surface area contributed by atoms with Gasteiger partial charge in [-0.15, -0.1) is 11.3 Å². The maximum Gasteiger partial charge on any atom is 0.262 e. The van der Waals surface area contributed by atoms with Gasteiger partial charge in [0.05, 0.1) is 16.3 Å². The Kier molecular flexibility index (Phi) is 6.07. The second-order valence-electron chi connectivity index (χ2n) is 8.03. The summed E-state index contributed by atoms with van der Waals surface area (Å²) in [6.45, 7) is 1.05. The Bertz CT molecular complexity index is 1350. The molecular weight excluding hydrogens is 476 g/mol. The van der Waals surface area contributed by atoms with Gasteiger partial charge < -0.3 is 10.1 Å². The summed E-state index contributed by atoms with van der Waals surface area (Å²) >= 11 is 1.27. The lowest BCUT2D eigenvalue weighted by Crippen LogP contribution is -2.35. The molecule has 0 bridgehead atoms. The number of carbonyl (C=O) groups is 2. The van der Waals surface area contributed by atoms with Gasteiger partial charge in [0.1, 0.15) is 5.75 Å². The second-order valence-corrected chi connectivity index (χ2v) is 10.8. The number of carbonyl (C=O) groups excluding carboxylic acids is 2. The van der Waals surface area contributed by atoms with Crippen molar-refractivity contribution in [2.24, 2.45) is 0 Å². The zero-order valence-electron chi connectivity index (χ0n) is 18.1. The van der Waals surface area contributed by atoms with Crippen molar-refractivity contribution in [2.75, 3.05) is 30.3 Å². The number of thiazole rings is 1. The highest BCUT2D eigenvalue weighted by Gasteiger charge is 2.26. The second kappa shape index (κ2) is 9.16. The molecule has 9 nitrogen and oxygen atoms in total. The summed E-state index contributed by atoms with van der Waals surface area (Å²) in [7, 11) is -3.54. The highest BCUT2D eigenvalue weighted by atomic mass is 32.2. The number of hydrogen-bond donors (Lipinski definition) is 2. The van der Waals surface area contributed by atoms with Crippen molar-refractivity contribution < 1.29 is 22.7 Å². The number of piperidine rings is 1. The molecule has 34 heavy (non-hydrogen) atoms. The van der Waals surface area contributed by atoms with E-state index >= 15 is 0 Å². The van der Waals surface area contributed by atoms with Crippen LogP contribution in [0.15, 0.2) is 52.7 Å². The van der Waals surface area contributed by atoms with Crippen LogP contribution in [0.1, 0.15) is 29.6 Å². The van der Waals surface area contributed by atoms with Gasteiger partial charge in [0.25, 0.3) is 11.8 Å². The van der Waals surface area contributed by atoms with E-state index in [1.807, 2.05) is 6.07 Å². The molecule has 2 N–H and O–H groups in total. The first kappa shape index (κ1) is 22.5. The molecule has 0 radical (unpaired) electrons. The summed E-state index contributed by atoms with van der Waals surface area (Å²) in [5.74, 6) is -0.00240. The van der Waals surface area contributed by atoms with E-state index in [1.54, 1.807) is 17.5 Å². The quantitative estimate of drug-likeness (QED) is 0.555. The van der Waals surface area contributed by atoms with Gasteiger partial charge in [-0.1, -0.05) is 6.42 Å². The van der Waals surface area contributed by atoms with E-state index in [1.165, 1.54) is 39.9 Å². The summed E-state index contributed by atoms with van der Waals surface area (Å²) < 4.78 is 32.5. The Labute approximate surface area is 200 Å². The number of benzene rings is 2. The summed E-state index contributed by atoms with van der Waals surface area (Å²) in [6, 6.07) is 11.3. The molecule has 5 rings (SSSR count).